The van der Waals surface area contributed by atoms with Crippen LogP contribution in [0.25, 0.3) is 0 Å². The fourth-order valence-electron chi connectivity index (χ4n) is 2.24. The van der Waals surface area contributed by atoms with E-state index >= 15 is 0 Å². The Morgan fingerprint density at radius 2 is 2.00 bits per heavy atom. The molecule has 2 atom stereocenters. The monoisotopic (exact) mass is 288 g/mol. The minimum atomic E-state index is 0.0315. The molecule has 0 bridgehead atoms. The molecule has 21 heavy (non-hydrogen) atoms. The summed E-state index contributed by atoms with van der Waals surface area (Å²) in [5, 5.41) is 7.49. The number of pyridine rings is 1. The lowest BCUT2D eigenvalue weighted by Gasteiger charge is -2.17. The highest BCUT2D eigenvalue weighted by atomic mass is 16.5. The van der Waals surface area contributed by atoms with Crippen molar-refractivity contribution < 1.29 is 4.52 Å². The predicted molar refractivity (Wildman–Crippen MR) is 82.1 cm³/mol. The van der Waals surface area contributed by atoms with Gasteiger partial charge in [0.1, 0.15) is 0 Å². The first kappa shape index (κ1) is 15.6. The lowest BCUT2D eigenvalue weighted by atomic mass is 10.1. The Morgan fingerprint density at radius 3 is 2.62 bits per heavy atom. The van der Waals surface area contributed by atoms with Crippen molar-refractivity contribution in [1.29, 1.82) is 0 Å². The van der Waals surface area contributed by atoms with Gasteiger partial charge in [-0.15, -0.1) is 0 Å². The highest BCUT2D eigenvalue weighted by molar-refractivity contribution is 5.18. The Hall–Kier alpha value is -1.75. The predicted octanol–water partition coefficient (Wildman–Crippen LogP) is 3.18. The Kier molecular flexibility index (Phi) is 5.07. The van der Waals surface area contributed by atoms with Gasteiger partial charge in [-0.05, 0) is 32.4 Å². The van der Waals surface area contributed by atoms with Gasteiger partial charge >= 0.3 is 0 Å². The highest BCUT2D eigenvalue weighted by Crippen LogP contribution is 2.16. The topological polar surface area (TPSA) is 63.8 Å². The molecule has 114 valence electrons. The maximum atomic E-state index is 5.32. The second kappa shape index (κ2) is 6.80. The quantitative estimate of drug-likeness (QED) is 0.884. The van der Waals surface area contributed by atoms with Crippen molar-refractivity contribution in [2.24, 2.45) is 0 Å². The number of nitrogens with zero attached hydrogens (tertiary/aromatic N) is 3. The molecule has 0 fully saturated rings. The zero-order valence-electron chi connectivity index (χ0n) is 13.4. The Bertz CT molecular complexity index is 579. The molecule has 0 saturated heterocycles. The molecular formula is C16H24N4O. The van der Waals surface area contributed by atoms with Crippen LogP contribution < -0.4 is 5.32 Å². The van der Waals surface area contributed by atoms with Gasteiger partial charge in [0.05, 0.1) is 6.04 Å². The van der Waals surface area contributed by atoms with Crippen LogP contribution in [-0.2, 0) is 6.42 Å². The zero-order valence-corrected chi connectivity index (χ0v) is 13.4. The number of rotatable bonds is 6. The van der Waals surface area contributed by atoms with E-state index in [1.54, 1.807) is 0 Å². The maximum absolute atomic E-state index is 5.32. The van der Waals surface area contributed by atoms with Gasteiger partial charge < -0.3 is 9.84 Å². The molecule has 2 aromatic rings. The second-order valence-electron chi connectivity index (χ2n) is 5.91. The maximum Gasteiger partial charge on any atom is 0.243 e. The fourth-order valence-corrected chi connectivity index (χ4v) is 2.24. The van der Waals surface area contributed by atoms with E-state index < -0.39 is 0 Å². The fraction of sp³-hybridized carbons (Fsp3) is 0.562. The number of hydrogen-bond donors (Lipinski definition) is 1. The van der Waals surface area contributed by atoms with E-state index in [-0.39, 0.29) is 18.0 Å². The summed E-state index contributed by atoms with van der Waals surface area (Å²) in [6.45, 7) is 10.4. The molecule has 5 nitrogen and oxygen atoms in total. The molecular weight excluding hydrogens is 264 g/mol. The Morgan fingerprint density at radius 1 is 1.24 bits per heavy atom. The summed E-state index contributed by atoms with van der Waals surface area (Å²) in [4.78, 5) is 8.87. The third kappa shape index (κ3) is 4.11. The molecule has 0 amide bonds. The van der Waals surface area contributed by atoms with Crippen molar-refractivity contribution in [3.8, 4) is 0 Å². The third-order valence-electron chi connectivity index (χ3n) is 3.50. The molecule has 0 spiro atoms. The minimum Gasteiger partial charge on any atom is -0.338 e. The first-order valence-electron chi connectivity index (χ1n) is 7.47. The van der Waals surface area contributed by atoms with Gasteiger partial charge in [-0.3, -0.25) is 4.98 Å². The molecule has 0 saturated carbocycles. The van der Waals surface area contributed by atoms with Gasteiger partial charge in [0, 0.05) is 30.3 Å². The van der Waals surface area contributed by atoms with Crippen LogP contribution in [-0.4, -0.2) is 21.2 Å². The summed E-state index contributed by atoms with van der Waals surface area (Å²) >= 11 is 0. The van der Waals surface area contributed by atoms with Crippen molar-refractivity contribution in [2.45, 2.75) is 59.0 Å². The minimum absolute atomic E-state index is 0.0315. The van der Waals surface area contributed by atoms with Crippen LogP contribution >= 0.6 is 0 Å². The molecule has 2 aromatic heterocycles. The summed E-state index contributed by atoms with van der Waals surface area (Å²) in [6, 6.07) is 4.36. The highest BCUT2D eigenvalue weighted by Gasteiger charge is 2.18. The summed E-state index contributed by atoms with van der Waals surface area (Å²) in [7, 11) is 0. The van der Waals surface area contributed by atoms with Crippen LogP contribution in [0.15, 0.2) is 22.9 Å². The van der Waals surface area contributed by atoms with Crippen LogP contribution in [0, 0.1) is 6.92 Å². The van der Waals surface area contributed by atoms with Crippen LogP contribution in [0.2, 0.25) is 0 Å². The first-order chi connectivity index (χ1) is 9.97. The van der Waals surface area contributed by atoms with Crippen molar-refractivity contribution in [2.75, 3.05) is 0 Å². The standard InChI is InChI=1S/C16H24N4O/c1-10(2)15-19-16(21-20-15)13(5)18-12(4)9-14-11(3)7-6-8-17-14/h6-8,10,12-13,18H,9H2,1-5H3/t12-,13+/m1/s1. The van der Waals surface area contributed by atoms with Gasteiger partial charge in [-0.2, -0.15) is 4.98 Å². The lowest BCUT2D eigenvalue weighted by molar-refractivity contribution is 0.322. The van der Waals surface area contributed by atoms with Crippen LogP contribution in [0.4, 0.5) is 0 Å². The van der Waals surface area contributed by atoms with Crippen molar-refractivity contribution in [3.05, 3.63) is 41.3 Å². The number of aryl methyl sites for hydroxylation is 1. The summed E-state index contributed by atoms with van der Waals surface area (Å²) in [6.07, 6.45) is 2.72. The molecule has 2 heterocycles. The summed E-state index contributed by atoms with van der Waals surface area (Å²) < 4.78 is 5.32. The summed E-state index contributed by atoms with van der Waals surface area (Å²) in [5.41, 5.74) is 2.34. The van der Waals surface area contributed by atoms with Crippen LogP contribution in [0.5, 0.6) is 0 Å². The van der Waals surface area contributed by atoms with Gasteiger partial charge in [-0.1, -0.05) is 25.1 Å². The van der Waals surface area contributed by atoms with Crippen molar-refractivity contribution in [1.82, 2.24) is 20.4 Å². The molecule has 0 aromatic carbocycles. The van der Waals surface area contributed by atoms with Gasteiger partial charge in [0.25, 0.3) is 0 Å². The molecule has 0 aliphatic carbocycles. The SMILES string of the molecule is Cc1cccnc1C[C@@H](C)N[C@@H](C)c1nc(C(C)C)no1. The van der Waals surface area contributed by atoms with E-state index in [1.807, 2.05) is 19.2 Å². The molecule has 2 rings (SSSR count). The molecule has 0 radical (unpaired) electrons. The number of hydrogen-bond acceptors (Lipinski definition) is 5. The second-order valence-corrected chi connectivity index (χ2v) is 5.91. The number of nitrogens with one attached hydrogen (secondary N) is 1. The largest absolute Gasteiger partial charge is 0.338 e. The van der Waals surface area contributed by atoms with Crippen LogP contribution in [0.3, 0.4) is 0 Å². The first-order valence-corrected chi connectivity index (χ1v) is 7.47. The summed E-state index contributed by atoms with van der Waals surface area (Å²) in [5.74, 6) is 1.68. The Balaban J connectivity index is 1.95. The average Bonchev–Trinajstić information content (AvgIpc) is 2.91. The average molecular weight is 288 g/mol. The zero-order chi connectivity index (χ0) is 15.4. The van der Waals surface area contributed by atoms with E-state index in [9.17, 15) is 0 Å². The van der Waals surface area contributed by atoms with E-state index in [2.05, 4.69) is 54.2 Å². The molecule has 0 aliphatic rings. The lowest BCUT2D eigenvalue weighted by Crippen LogP contribution is -2.31. The van der Waals surface area contributed by atoms with Gasteiger partial charge in [-0.25, -0.2) is 0 Å². The normalized spacial score (nSPS) is 14.4. The van der Waals surface area contributed by atoms with Crippen LogP contribution in [0.1, 0.15) is 62.6 Å². The molecule has 0 unspecified atom stereocenters. The third-order valence-corrected chi connectivity index (χ3v) is 3.50. The van der Waals surface area contributed by atoms with Crippen molar-refractivity contribution >= 4 is 0 Å². The van der Waals surface area contributed by atoms with E-state index in [0.29, 0.717) is 5.89 Å². The van der Waals surface area contributed by atoms with E-state index in [1.165, 1.54) is 5.56 Å². The smallest absolute Gasteiger partial charge is 0.243 e. The Labute approximate surface area is 126 Å². The van der Waals surface area contributed by atoms with E-state index in [0.717, 1.165) is 17.9 Å². The van der Waals surface area contributed by atoms with Gasteiger partial charge in [0.2, 0.25) is 5.89 Å². The molecule has 5 heteroatoms. The van der Waals surface area contributed by atoms with Gasteiger partial charge in [0.15, 0.2) is 5.82 Å². The van der Waals surface area contributed by atoms with Crippen molar-refractivity contribution in [3.63, 3.8) is 0 Å². The molecule has 1 N–H and O–H groups in total. The molecule has 0 aliphatic heterocycles. The van der Waals surface area contributed by atoms with E-state index in [4.69, 9.17) is 4.52 Å². The number of aromatic nitrogens is 3.